The Morgan fingerprint density at radius 3 is 2.40 bits per heavy atom. The van der Waals surface area contributed by atoms with Crippen LogP contribution < -0.4 is 5.32 Å². The number of nitrogens with one attached hydrogen (secondary N) is 1. The van der Waals surface area contributed by atoms with Crippen molar-refractivity contribution in [1.29, 1.82) is 0 Å². The van der Waals surface area contributed by atoms with Crippen molar-refractivity contribution in [2.24, 2.45) is 0 Å². The van der Waals surface area contributed by atoms with E-state index in [1.165, 1.54) is 16.5 Å². The molecule has 0 spiro atoms. The fourth-order valence-corrected chi connectivity index (χ4v) is 3.03. The molecule has 0 amide bonds. The number of fused-ring (bicyclic) bond motifs is 1. The molecule has 3 rings (SSSR count). The van der Waals surface area contributed by atoms with Gasteiger partial charge < -0.3 is 10.4 Å². The second kappa shape index (κ2) is 9.59. The van der Waals surface area contributed by atoms with E-state index in [1.54, 1.807) is 6.07 Å². The smallest absolute Gasteiger partial charge is 0.116 e. The van der Waals surface area contributed by atoms with E-state index in [1.807, 2.05) is 12.1 Å². The fourth-order valence-electron chi connectivity index (χ4n) is 3.03. The first-order chi connectivity index (χ1) is 11.7. The summed E-state index contributed by atoms with van der Waals surface area (Å²) < 4.78 is 0. The van der Waals surface area contributed by atoms with Crippen molar-refractivity contribution in [2.75, 3.05) is 6.54 Å². The van der Waals surface area contributed by atoms with Gasteiger partial charge in [-0.15, -0.1) is 17.0 Å². The molecule has 0 saturated heterocycles. The molecular weight excluding hydrogens is 374 g/mol. The highest BCUT2D eigenvalue weighted by atomic mass is 79.9. The summed E-state index contributed by atoms with van der Waals surface area (Å²) in [4.78, 5) is 0. The van der Waals surface area contributed by atoms with Gasteiger partial charge >= 0.3 is 0 Å². The lowest BCUT2D eigenvalue weighted by Crippen LogP contribution is -2.28. The van der Waals surface area contributed by atoms with Crippen LogP contribution in [-0.2, 0) is 12.8 Å². The first-order valence-corrected chi connectivity index (χ1v) is 8.70. The molecule has 1 unspecified atom stereocenters. The zero-order valence-corrected chi connectivity index (χ0v) is 16.3. The van der Waals surface area contributed by atoms with E-state index in [-0.39, 0.29) is 17.0 Å². The van der Waals surface area contributed by atoms with E-state index in [4.69, 9.17) is 0 Å². The Morgan fingerprint density at radius 1 is 0.840 bits per heavy atom. The van der Waals surface area contributed by atoms with E-state index in [0.717, 1.165) is 31.2 Å². The number of hydrogen-bond acceptors (Lipinski definition) is 2. The summed E-state index contributed by atoms with van der Waals surface area (Å²) in [5.41, 5.74) is 2.70. The maximum atomic E-state index is 9.61. The number of hydrogen-bond donors (Lipinski definition) is 2. The normalized spacial score (nSPS) is 11.9. The Kier molecular flexibility index (Phi) is 7.48. The molecule has 0 fully saturated rings. The van der Waals surface area contributed by atoms with Crippen molar-refractivity contribution in [2.45, 2.75) is 32.2 Å². The lowest BCUT2D eigenvalue weighted by atomic mass is 10.0. The van der Waals surface area contributed by atoms with Gasteiger partial charge in [-0.05, 0) is 66.8 Å². The number of benzene rings is 3. The quantitative estimate of drug-likeness (QED) is 0.566. The van der Waals surface area contributed by atoms with Crippen LogP contribution in [0.15, 0.2) is 66.7 Å². The topological polar surface area (TPSA) is 32.3 Å². The zero-order valence-electron chi connectivity index (χ0n) is 14.6. The number of phenolic OH excluding ortho intramolecular Hbond substituents is 1. The summed E-state index contributed by atoms with van der Waals surface area (Å²) in [5, 5.41) is 15.5. The van der Waals surface area contributed by atoms with Crippen LogP contribution in [-0.4, -0.2) is 17.7 Å². The molecule has 3 heteroatoms. The summed E-state index contributed by atoms with van der Waals surface area (Å²) in [7, 11) is 0. The summed E-state index contributed by atoms with van der Waals surface area (Å²) >= 11 is 0. The molecule has 25 heavy (non-hydrogen) atoms. The van der Waals surface area contributed by atoms with Crippen LogP contribution in [0.2, 0.25) is 0 Å². The second-order valence-corrected chi connectivity index (χ2v) is 6.50. The van der Waals surface area contributed by atoms with E-state index < -0.39 is 0 Å². The average molecular weight is 400 g/mol. The minimum absolute atomic E-state index is 0. The second-order valence-electron chi connectivity index (χ2n) is 6.50. The largest absolute Gasteiger partial charge is 0.508 e. The zero-order chi connectivity index (χ0) is 16.8. The van der Waals surface area contributed by atoms with Gasteiger partial charge in [0.05, 0.1) is 0 Å². The molecule has 132 valence electrons. The van der Waals surface area contributed by atoms with Crippen LogP contribution in [0, 0.1) is 0 Å². The van der Waals surface area contributed by atoms with Gasteiger partial charge in [-0.2, -0.15) is 0 Å². The van der Waals surface area contributed by atoms with Gasteiger partial charge in [0.25, 0.3) is 0 Å². The third-order valence-corrected chi connectivity index (χ3v) is 4.50. The van der Waals surface area contributed by atoms with Crippen LogP contribution in [0.3, 0.4) is 0 Å². The minimum atomic E-state index is 0. The Balaban J connectivity index is 0.00000225. The van der Waals surface area contributed by atoms with Crippen molar-refractivity contribution >= 4 is 27.8 Å². The molecule has 0 aromatic heterocycles. The molecule has 0 heterocycles. The first-order valence-electron chi connectivity index (χ1n) is 8.70. The van der Waals surface area contributed by atoms with Gasteiger partial charge in [-0.25, -0.2) is 0 Å². The highest BCUT2D eigenvalue weighted by Gasteiger charge is 2.03. The van der Waals surface area contributed by atoms with Gasteiger partial charge in [-0.1, -0.05) is 54.6 Å². The van der Waals surface area contributed by atoms with Crippen LogP contribution >= 0.6 is 17.0 Å². The molecule has 0 radical (unpaired) electrons. The van der Waals surface area contributed by atoms with Gasteiger partial charge in [0.15, 0.2) is 0 Å². The van der Waals surface area contributed by atoms with E-state index in [9.17, 15) is 5.11 Å². The lowest BCUT2D eigenvalue weighted by molar-refractivity contribution is 0.476. The van der Waals surface area contributed by atoms with Gasteiger partial charge in [0, 0.05) is 6.04 Å². The predicted molar refractivity (Wildman–Crippen MR) is 112 cm³/mol. The third-order valence-electron chi connectivity index (χ3n) is 4.50. The molecule has 0 saturated carbocycles. The summed E-state index contributed by atoms with van der Waals surface area (Å²) in [5.74, 6) is 0.326. The van der Waals surface area contributed by atoms with Gasteiger partial charge in [0.1, 0.15) is 5.75 Å². The Morgan fingerprint density at radius 2 is 1.60 bits per heavy atom. The predicted octanol–water partition coefficient (Wildman–Crippen LogP) is 5.28. The average Bonchev–Trinajstić information content (AvgIpc) is 2.60. The highest BCUT2D eigenvalue weighted by Crippen LogP contribution is 2.21. The van der Waals surface area contributed by atoms with Crippen molar-refractivity contribution < 1.29 is 5.11 Å². The summed E-state index contributed by atoms with van der Waals surface area (Å²) in [6.45, 7) is 3.22. The van der Waals surface area contributed by atoms with Crippen LogP contribution in [0.25, 0.3) is 10.8 Å². The number of aryl methyl sites for hydroxylation is 1. The SMILES string of the molecule is Br.CC(CCc1ccccc1)NCCc1ccc2ccc(O)cc2c1. The molecular formula is C22H26BrNO. The standard InChI is InChI=1S/C22H25NO.BrH/c1-17(7-8-18-5-3-2-4-6-18)23-14-13-19-9-10-20-11-12-22(24)16-21(20)15-19;/h2-6,9-12,15-17,23-24H,7-8,13-14H2,1H3;1H. The Hall–Kier alpha value is -1.84. The molecule has 2 nitrogen and oxygen atoms in total. The molecule has 2 N–H and O–H groups in total. The molecule has 0 bridgehead atoms. The Bertz CT molecular complexity index is 788. The fraction of sp³-hybridized carbons (Fsp3) is 0.273. The van der Waals surface area contributed by atoms with Crippen LogP contribution in [0.5, 0.6) is 5.75 Å². The van der Waals surface area contributed by atoms with E-state index in [0.29, 0.717) is 11.8 Å². The lowest BCUT2D eigenvalue weighted by Gasteiger charge is -2.14. The third kappa shape index (κ3) is 5.87. The number of phenols is 1. The van der Waals surface area contributed by atoms with Crippen molar-refractivity contribution in [1.82, 2.24) is 5.32 Å². The molecule has 3 aromatic carbocycles. The monoisotopic (exact) mass is 399 g/mol. The van der Waals surface area contributed by atoms with Crippen molar-refractivity contribution in [3.8, 4) is 5.75 Å². The molecule has 3 aromatic rings. The Labute approximate surface area is 160 Å². The number of aromatic hydroxyl groups is 1. The van der Waals surface area contributed by atoms with Crippen molar-refractivity contribution in [3.63, 3.8) is 0 Å². The van der Waals surface area contributed by atoms with Gasteiger partial charge in [-0.3, -0.25) is 0 Å². The summed E-state index contributed by atoms with van der Waals surface area (Å²) in [6.07, 6.45) is 3.27. The highest BCUT2D eigenvalue weighted by molar-refractivity contribution is 8.93. The minimum Gasteiger partial charge on any atom is -0.508 e. The molecule has 0 aliphatic heterocycles. The van der Waals surface area contributed by atoms with Crippen LogP contribution in [0.4, 0.5) is 0 Å². The number of rotatable bonds is 7. The number of halogens is 1. The molecule has 0 aliphatic carbocycles. The van der Waals surface area contributed by atoms with Crippen LogP contribution in [0.1, 0.15) is 24.5 Å². The molecule has 1 atom stereocenters. The first kappa shape index (κ1) is 19.5. The molecule has 0 aliphatic rings. The maximum Gasteiger partial charge on any atom is 0.116 e. The van der Waals surface area contributed by atoms with E-state index in [2.05, 4.69) is 60.8 Å². The van der Waals surface area contributed by atoms with Crippen molar-refractivity contribution in [3.05, 3.63) is 77.9 Å². The maximum absolute atomic E-state index is 9.61. The van der Waals surface area contributed by atoms with Gasteiger partial charge in [0.2, 0.25) is 0 Å². The summed E-state index contributed by atoms with van der Waals surface area (Å²) in [6, 6.07) is 23.2. The van der Waals surface area contributed by atoms with E-state index >= 15 is 0 Å².